The van der Waals surface area contributed by atoms with Gasteiger partial charge in [-0.25, -0.2) is 24.7 Å². The lowest BCUT2D eigenvalue weighted by atomic mass is 10.2. The Bertz CT molecular complexity index is 2280. The van der Waals surface area contributed by atoms with Gasteiger partial charge < -0.3 is 34.9 Å². The second-order valence-corrected chi connectivity index (χ2v) is 10.5. The van der Waals surface area contributed by atoms with E-state index in [4.69, 9.17) is 26.8 Å². The SMILES string of the molecule is Nc1cccc(Oc2cc(-c3ncon3)ncn2)c1.O=C(Nc1cccc(Oc2cc(-c3ncon3)ncn2)c1)Nc1ccc(Cl)c(C(F)(F)F)c1. The number of halogens is 4. The van der Waals surface area contributed by atoms with E-state index in [1.807, 2.05) is 0 Å². The zero-order valence-electron chi connectivity index (χ0n) is 26.0. The number of nitrogens with zero attached hydrogens (tertiary/aromatic N) is 8. The third kappa shape index (κ3) is 9.30. The molecule has 0 radical (unpaired) electrons. The molecule has 7 rings (SSSR count). The summed E-state index contributed by atoms with van der Waals surface area (Å²) in [5, 5.41) is 11.8. The zero-order chi connectivity index (χ0) is 36.5. The lowest BCUT2D eigenvalue weighted by Gasteiger charge is -2.13. The largest absolute Gasteiger partial charge is 0.439 e. The first-order valence-electron chi connectivity index (χ1n) is 14.5. The van der Waals surface area contributed by atoms with Crippen molar-refractivity contribution in [3.8, 4) is 46.3 Å². The number of hydrogen-bond donors (Lipinski definition) is 3. The minimum Gasteiger partial charge on any atom is -0.439 e. The first-order chi connectivity index (χ1) is 25.1. The molecule has 4 heterocycles. The molecule has 262 valence electrons. The van der Waals surface area contributed by atoms with E-state index in [1.54, 1.807) is 48.5 Å². The Balaban J connectivity index is 0.000000206. The molecular weight excluding hydrogens is 711 g/mol. The first-order valence-corrected chi connectivity index (χ1v) is 14.9. The molecule has 4 N–H and O–H groups in total. The number of alkyl halides is 3. The van der Waals surface area contributed by atoms with Crippen LogP contribution in [0.2, 0.25) is 5.02 Å². The van der Waals surface area contributed by atoms with Crippen LogP contribution >= 0.6 is 11.6 Å². The summed E-state index contributed by atoms with van der Waals surface area (Å²) in [4.78, 5) is 36.1. The van der Waals surface area contributed by atoms with E-state index in [1.165, 1.54) is 37.2 Å². The first kappa shape index (κ1) is 34.7. The number of carbonyl (C=O) groups excluding carboxylic acids is 1. The number of rotatable bonds is 8. The van der Waals surface area contributed by atoms with Crippen molar-refractivity contribution in [2.24, 2.45) is 0 Å². The summed E-state index contributed by atoms with van der Waals surface area (Å²) in [6.07, 6.45) is 0.370. The standard InChI is InChI=1S/C20H12ClF3N6O3.C12H9N5O2/c21-15-5-4-12(7-14(15)20(22,23)24)29-19(31)28-11-2-1-3-13(6-11)33-17-8-16(25-9-26-17)18-27-10-32-30-18;13-8-2-1-3-9(4-8)19-11-5-10(14-6-15-11)12-16-7-18-17-12/h1-10H,(H2,28,29,31);1-7H,13H2. The number of ether oxygens (including phenoxy) is 2. The molecule has 0 fully saturated rings. The van der Waals surface area contributed by atoms with Gasteiger partial charge in [0.05, 0.1) is 10.6 Å². The second kappa shape index (κ2) is 15.6. The van der Waals surface area contributed by atoms with Crippen molar-refractivity contribution in [3.05, 3.63) is 115 Å². The van der Waals surface area contributed by atoms with Gasteiger partial charge in [-0.15, -0.1) is 0 Å². The predicted molar refractivity (Wildman–Crippen MR) is 177 cm³/mol. The molecule has 3 aromatic carbocycles. The zero-order valence-corrected chi connectivity index (χ0v) is 26.8. The highest BCUT2D eigenvalue weighted by molar-refractivity contribution is 6.31. The number of carbonyl (C=O) groups is 1. The number of nitrogens with two attached hydrogens (primary N) is 1. The van der Waals surface area contributed by atoms with Crippen molar-refractivity contribution in [2.45, 2.75) is 6.18 Å². The lowest BCUT2D eigenvalue weighted by molar-refractivity contribution is -0.137. The van der Waals surface area contributed by atoms with E-state index in [0.717, 1.165) is 18.5 Å². The molecule has 0 saturated carbocycles. The number of amides is 2. The van der Waals surface area contributed by atoms with Gasteiger partial charge in [-0.2, -0.15) is 23.1 Å². The molecule has 20 heteroatoms. The predicted octanol–water partition coefficient (Wildman–Crippen LogP) is 7.54. The summed E-state index contributed by atoms with van der Waals surface area (Å²) in [5.41, 5.74) is 6.38. The lowest BCUT2D eigenvalue weighted by Crippen LogP contribution is -2.20. The van der Waals surface area contributed by atoms with Crippen LogP contribution in [-0.4, -0.2) is 46.2 Å². The molecule has 0 atom stereocenters. The van der Waals surface area contributed by atoms with E-state index in [2.05, 4.69) is 59.9 Å². The van der Waals surface area contributed by atoms with Gasteiger partial charge in [-0.05, 0) is 42.5 Å². The fourth-order valence-electron chi connectivity index (χ4n) is 4.17. The van der Waals surface area contributed by atoms with Crippen LogP contribution in [0.3, 0.4) is 0 Å². The third-order valence-electron chi connectivity index (χ3n) is 6.39. The maximum Gasteiger partial charge on any atom is 0.417 e. The van der Waals surface area contributed by atoms with Gasteiger partial charge >= 0.3 is 12.2 Å². The highest BCUT2D eigenvalue weighted by atomic mass is 35.5. The smallest absolute Gasteiger partial charge is 0.417 e. The van der Waals surface area contributed by atoms with E-state index < -0.39 is 22.8 Å². The van der Waals surface area contributed by atoms with Gasteiger partial charge in [0.1, 0.15) is 35.5 Å². The summed E-state index contributed by atoms with van der Waals surface area (Å²) in [5.74, 6) is 2.12. The number of hydrogen-bond acceptors (Lipinski definition) is 14. The van der Waals surface area contributed by atoms with Crippen LogP contribution in [0.1, 0.15) is 5.56 Å². The van der Waals surface area contributed by atoms with E-state index in [-0.39, 0.29) is 17.4 Å². The van der Waals surface area contributed by atoms with Crippen molar-refractivity contribution in [1.29, 1.82) is 0 Å². The molecule has 52 heavy (non-hydrogen) atoms. The molecule has 0 aliphatic heterocycles. The van der Waals surface area contributed by atoms with E-state index in [9.17, 15) is 18.0 Å². The van der Waals surface area contributed by atoms with Crippen molar-refractivity contribution in [3.63, 3.8) is 0 Å². The number of benzene rings is 3. The molecule has 0 bridgehead atoms. The summed E-state index contributed by atoms with van der Waals surface area (Å²) in [7, 11) is 0. The van der Waals surface area contributed by atoms with Crippen LogP contribution in [0.5, 0.6) is 23.3 Å². The second-order valence-electron chi connectivity index (χ2n) is 10.1. The normalized spacial score (nSPS) is 10.8. The molecule has 2 amide bonds. The van der Waals surface area contributed by atoms with Gasteiger partial charge in [-0.1, -0.05) is 34.0 Å². The Hall–Kier alpha value is -7.15. The quantitative estimate of drug-likeness (QED) is 0.129. The monoisotopic (exact) mass is 731 g/mol. The molecular formula is C32H21ClF3N11O5. The van der Waals surface area contributed by atoms with Crippen molar-refractivity contribution in [2.75, 3.05) is 16.4 Å². The Morgan fingerprint density at radius 2 is 1.25 bits per heavy atom. The van der Waals surface area contributed by atoms with Crippen molar-refractivity contribution >= 4 is 34.7 Å². The molecule has 0 unspecified atom stereocenters. The molecule has 0 aliphatic rings. The Kier molecular flexibility index (Phi) is 10.4. The van der Waals surface area contributed by atoms with Crippen LogP contribution in [0.15, 0.2) is 113 Å². The van der Waals surface area contributed by atoms with Crippen LogP contribution in [-0.2, 0) is 6.18 Å². The molecule has 0 saturated heterocycles. The molecule has 4 aromatic heterocycles. The highest BCUT2D eigenvalue weighted by Gasteiger charge is 2.33. The fourth-order valence-corrected chi connectivity index (χ4v) is 4.40. The number of urea groups is 1. The maximum atomic E-state index is 13.0. The summed E-state index contributed by atoms with van der Waals surface area (Å²) in [6.45, 7) is 0. The Morgan fingerprint density at radius 1 is 0.692 bits per heavy atom. The Morgan fingerprint density at radius 3 is 1.79 bits per heavy atom. The number of anilines is 3. The molecule has 16 nitrogen and oxygen atoms in total. The van der Waals surface area contributed by atoms with Gasteiger partial charge in [0.25, 0.3) is 0 Å². The van der Waals surface area contributed by atoms with Crippen LogP contribution < -0.4 is 25.8 Å². The fraction of sp³-hybridized carbons (Fsp3) is 0.0312. The van der Waals surface area contributed by atoms with E-state index >= 15 is 0 Å². The molecule has 0 aliphatic carbocycles. The minimum atomic E-state index is -4.65. The minimum absolute atomic E-state index is 0.0772. The number of aromatic nitrogens is 8. The van der Waals surface area contributed by atoms with Crippen molar-refractivity contribution in [1.82, 2.24) is 40.2 Å². The van der Waals surface area contributed by atoms with Gasteiger partial charge in [0, 0.05) is 41.3 Å². The van der Waals surface area contributed by atoms with Crippen LogP contribution in [0, 0.1) is 0 Å². The number of nitrogen functional groups attached to an aromatic ring is 1. The van der Waals surface area contributed by atoms with Gasteiger partial charge in [-0.3, -0.25) is 0 Å². The van der Waals surface area contributed by atoms with Crippen LogP contribution in [0.25, 0.3) is 23.0 Å². The van der Waals surface area contributed by atoms with E-state index in [0.29, 0.717) is 46.0 Å². The molecule has 7 aromatic rings. The topological polar surface area (TPSA) is 215 Å². The van der Waals surface area contributed by atoms with Gasteiger partial charge in [0.2, 0.25) is 36.2 Å². The average Bonchev–Trinajstić information content (AvgIpc) is 3.86. The van der Waals surface area contributed by atoms with Gasteiger partial charge in [0.15, 0.2) is 0 Å². The Labute approximate surface area is 294 Å². The maximum absolute atomic E-state index is 13.0. The summed E-state index contributed by atoms with van der Waals surface area (Å²) < 4.78 is 59.6. The number of nitrogens with one attached hydrogen (secondary N) is 2. The third-order valence-corrected chi connectivity index (χ3v) is 6.72. The summed E-state index contributed by atoms with van der Waals surface area (Å²) >= 11 is 5.59. The van der Waals surface area contributed by atoms with Crippen molar-refractivity contribution < 1.29 is 36.5 Å². The summed E-state index contributed by atoms with van der Waals surface area (Å²) in [6, 6.07) is 18.8. The van der Waals surface area contributed by atoms with Crippen LogP contribution in [0.4, 0.5) is 35.0 Å². The highest BCUT2D eigenvalue weighted by Crippen LogP contribution is 2.36. The average molecular weight is 732 g/mol. The molecule has 0 spiro atoms.